The van der Waals surface area contributed by atoms with Crippen molar-refractivity contribution < 1.29 is 4.74 Å². The molecule has 2 atom stereocenters. The molecule has 1 aliphatic rings. The molecule has 0 spiro atoms. The van der Waals surface area contributed by atoms with Gasteiger partial charge in [-0.25, -0.2) is 4.99 Å². The van der Waals surface area contributed by atoms with Crippen LogP contribution >= 0.6 is 0 Å². The lowest BCUT2D eigenvalue weighted by atomic mass is 9.83. The van der Waals surface area contributed by atoms with E-state index in [1.807, 2.05) is 18.2 Å². The Morgan fingerprint density at radius 3 is 2.41 bits per heavy atom. The number of benzene rings is 3. The Labute approximate surface area is 130 Å². The summed E-state index contributed by atoms with van der Waals surface area (Å²) in [5.74, 6) is 0. The van der Waals surface area contributed by atoms with E-state index in [-0.39, 0.29) is 11.6 Å². The highest BCUT2D eigenvalue weighted by Crippen LogP contribution is 2.44. The second-order valence-corrected chi connectivity index (χ2v) is 5.87. The van der Waals surface area contributed by atoms with E-state index in [1.54, 1.807) is 6.40 Å². The summed E-state index contributed by atoms with van der Waals surface area (Å²) in [4.78, 5) is 4.63. The molecular formula is C20H17NO. The predicted molar refractivity (Wildman–Crippen MR) is 90.1 cm³/mol. The van der Waals surface area contributed by atoms with Gasteiger partial charge >= 0.3 is 0 Å². The molecule has 0 fully saturated rings. The van der Waals surface area contributed by atoms with Gasteiger partial charge in [-0.3, -0.25) is 0 Å². The molecule has 0 bridgehead atoms. The zero-order valence-corrected chi connectivity index (χ0v) is 12.4. The summed E-state index contributed by atoms with van der Waals surface area (Å²) in [5, 5.41) is 2.47. The molecule has 0 aliphatic carbocycles. The third kappa shape index (κ3) is 2.00. The minimum Gasteiger partial charge on any atom is -0.473 e. The van der Waals surface area contributed by atoms with Crippen LogP contribution in [0.25, 0.3) is 10.8 Å². The zero-order valence-electron chi connectivity index (χ0n) is 12.4. The standard InChI is InChI=1S/C20H17NO/c1-20(18-9-3-2-4-10-18)19(22-14-21-20)17-12-11-15-7-5-6-8-16(15)13-17/h2-14,19H,1H3. The normalized spacial score (nSPS) is 23.6. The van der Waals surface area contributed by atoms with Crippen molar-refractivity contribution in [2.45, 2.75) is 18.6 Å². The van der Waals surface area contributed by atoms with Crippen LogP contribution in [-0.2, 0) is 10.3 Å². The zero-order chi connectivity index (χ0) is 15.0. The van der Waals surface area contributed by atoms with E-state index in [1.165, 1.54) is 16.3 Å². The van der Waals surface area contributed by atoms with Gasteiger partial charge in [-0.2, -0.15) is 0 Å². The third-order valence-corrected chi connectivity index (χ3v) is 4.46. The average Bonchev–Trinajstić information content (AvgIpc) is 2.98. The quantitative estimate of drug-likeness (QED) is 0.660. The molecule has 3 aromatic carbocycles. The fraction of sp³-hybridized carbons (Fsp3) is 0.150. The van der Waals surface area contributed by atoms with Crippen molar-refractivity contribution >= 4 is 17.2 Å². The van der Waals surface area contributed by atoms with E-state index < -0.39 is 0 Å². The van der Waals surface area contributed by atoms with E-state index in [9.17, 15) is 0 Å². The number of hydrogen-bond donors (Lipinski definition) is 0. The minimum absolute atomic E-state index is 0.0977. The first kappa shape index (κ1) is 13.1. The summed E-state index contributed by atoms with van der Waals surface area (Å²) in [6.45, 7) is 2.13. The van der Waals surface area contributed by atoms with Crippen LogP contribution in [-0.4, -0.2) is 6.40 Å². The molecule has 0 amide bonds. The first-order valence-electron chi connectivity index (χ1n) is 7.51. The van der Waals surface area contributed by atoms with Crippen LogP contribution in [0.2, 0.25) is 0 Å². The number of aliphatic imine (C=N–C) groups is 1. The highest BCUT2D eigenvalue weighted by atomic mass is 16.5. The van der Waals surface area contributed by atoms with E-state index in [4.69, 9.17) is 4.74 Å². The lowest BCUT2D eigenvalue weighted by Crippen LogP contribution is -2.25. The van der Waals surface area contributed by atoms with Gasteiger partial charge in [0.1, 0.15) is 5.54 Å². The Morgan fingerprint density at radius 2 is 1.59 bits per heavy atom. The monoisotopic (exact) mass is 287 g/mol. The molecule has 2 nitrogen and oxygen atoms in total. The maximum atomic E-state index is 5.87. The number of hydrogen-bond acceptors (Lipinski definition) is 2. The largest absolute Gasteiger partial charge is 0.473 e. The molecule has 22 heavy (non-hydrogen) atoms. The molecule has 0 radical (unpaired) electrons. The lowest BCUT2D eigenvalue weighted by molar-refractivity contribution is 0.153. The third-order valence-electron chi connectivity index (χ3n) is 4.46. The van der Waals surface area contributed by atoms with Gasteiger partial charge in [0.15, 0.2) is 12.5 Å². The average molecular weight is 287 g/mol. The van der Waals surface area contributed by atoms with Crippen LogP contribution in [0.15, 0.2) is 77.8 Å². The van der Waals surface area contributed by atoms with Crippen molar-refractivity contribution in [3.8, 4) is 0 Å². The summed E-state index contributed by atoms with van der Waals surface area (Å²) in [5.41, 5.74) is 1.94. The predicted octanol–water partition coefficient (Wildman–Crippen LogP) is 4.85. The minimum atomic E-state index is -0.385. The van der Waals surface area contributed by atoms with Crippen molar-refractivity contribution in [3.63, 3.8) is 0 Å². The van der Waals surface area contributed by atoms with Gasteiger partial charge in [-0.15, -0.1) is 0 Å². The smallest absolute Gasteiger partial charge is 0.171 e. The van der Waals surface area contributed by atoms with E-state index in [0.717, 1.165) is 5.56 Å². The van der Waals surface area contributed by atoms with Gasteiger partial charge in [0.2, 0.25) is 0 Å². The van der Waals surface area contributed by atoms with Crippen molar-refractivity contribution in [1.29, 1.82) is 0 Å². The number of ether oxygens (including phenoxy) is 1. The van der Waals surface area contributed by atoms with Gasteiger partial charge < -0.3 is 4.74 Å². The van der Waals surface area contributed by atoms with Crippen LogP contribution in [0, 0.1) is 0 Å². The highest BCUT2D eigenvalue weighted by Gasteiger charge is 2.41. The Kier molecular flexibility index (Phi) is 2.97. The molecule has 2 heteroatoms. The van der Waals surface area contributed by atoms with Gasteiger partial charge in [0, 0.05) is 0 Å². The highest BCUT2D eigenvalue weighted by molar-refractivity contribution is 5.83. The topological polar surface area (TPSA) is 21.6 Å². The summed E-state index contributed by atoms with van der Waals surface area (Å²) < 4.78 is 5.87. The molecule has 0 saturated carbocycles. The van der Waals surface area contributed by atoms with Crippen LogP contribution in [0.3, 0.4) is 0 Å². The summed E-state index contributed by atoms with van der Waals surface area (Å²) in [6.07, 6.45) is 1.49. The van der Waals surface area contributed by atoms with Crippen LogP contribution < -0.4 is 0 Å². The Balaban J connectivity index is 1.80. The van der Waals surface area contributed by atoms with E-state index in [2.05, 4.69) is 66.5 Å². The summed E-state index contributed by atoms with van der Waals surface area (Å²) >= 11 is 0. The Bertz CT molecular complexity index is 840. The number of nitrogens with zero attached hydrogens (tertiary/aromatic N) is 1. The second-order valence-electron chi connectivity index (χ2n) is 5.87. The van der Waals surface area contributed by atoms with Crippen molar-refractivity contribution in [3.05, 3.63) is 83.9 Å². The molecule has 4 rings (SSSR count). The molecule has 0 saturated heterocycles. The van der Waals surface area contributed by atoms with E-state index in [0.29, 0.717) is 0 Å². The van der Waals surface area contributed by atoms with Crippen molar-refractivity contribution in [2.24, 2.45) is 4.99 Å². The first-order chi connectivity index (χ1) is 10.8. The maximum absolute atomic E-state index is 5.87. The summed E-state index contributed by atoms with van der Waals surface area (Å²) in [7, 11) is 0. The van der Waals surface area contributed by atoms with Gasteiger partial charge in [-0.1, -0.05) is 66.7 Å². The van der Waals surface area contributed by atoms with Gasteiger partial charge in [0.25, 0.3) is 0 Å². The lowest BCUT2D eigenvalue weighted by Gasteiger charge is -2.28. The molecule has 2 unspecified atom stereocenters. The number of fused-ring (bicyclic) bond motifs is 1. The fourth-order valence-corrected chi connectivity index (χ4v) is 3.18. The van der Waals surface area contributed by atoms with Gasteiger partial charge in [0.05, 0.1) is 0 Å². The SMILES string of the molecule is CC1(c2ccccc2)N=COC1c1ccc2ccccc2c1. The van der Waals surface area contributed by atoms with Crippen LogP contribution in [0.1, 0.15) is 24.2 Å². The van der Waals surface area contributed by atoms with Gasteiger partial charge in [-0.05, 0) is 34.9 Å². The number of rotatable bonds is 2. The van der Waals surface area contributed by atoms with Crippen LogP contribution in [0.5, 0.6) is 0 Å². The molecule has 1 heterocycles. The summed E-state index contributed by atoms with van der Waals surface area (Å²) in [6, 6.07) is 25.2. The van der Waals surface area contributed by atoms with E-state index >= 15 is 0 Å². The second kappa shape index (κ2) is 4.99. The maximum Gasteiger partial charge on any atom is 0.171 e. The molecule has 3 aromatic rings. The fourth-order valence-electron chi connectivity index (χ4n) is 3.18. The van der Waals surface area contributed by atoms with Crippen LogP contribution in [0.4, 0.5) is 0 Å². The Hall–Kier alpha value is -2.61. The Morgan fingerprint density at radius 1 is 0.864 bits per heavy atom. The molecule has 1 aliphatic heterocycles. The van der Waals surface area contributed by atoms with Crippen molar-refractivity contribution in [1.82, 2.24) is 0 Å². The molecular weight excluding hydrogens is 270 g/mol. The first-order valence-corrected chi connectivity index (χ1v) is 7.51. The van der Waals surface area contributed by atoms with Crippen molar-refractivity contribution in [2.75, 3.05) is 0 Å². The molecule has 0 N–H and O–H groups in total. The molecule has 0 aromatic heterocycles. The molecule has 108 valence electrons.